The largest absolute Gasteiger partial charge is 0.340 e. The van der Waals surface area contributed by atoms with Gasteiger partial charge in [-0.25, -0.2) is 0 Å². The summed E-state index contributed by atoms with van der Waals surface area (Å²) in [7, 11) is 0. The zero-order chi connectivity index (χ0) is 18.6. The number of carbonyl (C=O) groups is 2. The minimum Gasteiger partial charge on any atom is -0.340 e. The fraction of sp³-hybridized carbons (Fsp3) is 0.409. The van der Waals surface area contributed by atoms with Gasteiger partial charge in [-0.2, -0.15) is 0 Å². The molecule has 0 saturated carbocycles. The fourth-order valence-corrected chi connectivity index (χ4v) is 4.19. The topological polar surface area (TPSA) is 53.5 Å². The maximum absolute atomic E-state index is 12.9. The predicted octanol–water partition coefficient (Wildman–Crippen LogP) is 2.66. The molecule has 2 aromatic rings. The summed E-state index contributed by atoms with van der Waals surface area (Å²) in [5, 5.41) is 0. The molecule has 3 aliphatic heterocycles. The number of nitrogens with zero attached hydrogens (tertiary/aromatic N) is 3. The number of aryl methyl sites for hydroxylation is 1. The molecule has 3 fully saturated rings. The smallest absolute Gasteiger partial charge is 0.228 e. The first kappa shape index (κ1) is 17.7. The third kappa shape index (κ3) is 4.02. The molecule has 1 aromatic carbocycles. The molecule has 3 saturated heterocycles. The van der Waals surface area contributed by atoms with Crippen LogP contribution in [0.5, 0.6) is 0 Å². The van der Waals surface area contributed by atoms with Crippen LogP contribution in [0.2, 0.25) is 0 Å². The van der Waals surface area contributed by atoms with E-state index in [2.05, 4.69) is 17.1 Å². The highest BCUT2D eigenvalue weighted by molar-refractivity contribution is 5.83. The van der Waals surface area contributed by atoms with Gasteiger partial charge in [0.2, 0.25) is 11.8 Å². The standard InChI is InChI=1S/C22H25N3O2/c26-21(11-8-17-7-4-12-23-13-17)24-15-19-9-10-20(16-24)25(22(19)27)14-18-5-2-1-3-6-18/h1-7,12-13,19-20H,8-11,14-16H2/t19-,20+/m0/s1. The second kappa shape index (κ2) is 7.91. The van der Waals surface area contributed by atoms with Crippen molar-refractivity contribution in [3.63, 3.8) is 0 Å². The molecule has 0 spiro atoms. The first-order valence-electron chi connectivity index (χ1n) is 9.72. The van der Waals surface area contributed by atoms with Gasteiger partial charge in [0.1, 0.15) is 0 Å². The maximum Gasteiger partial charge on any atom is 0.228 e. The lowest BCUT2D eigenvalue weighted by Gasteiger charge is -2.36. The summed E-state index contributed by atoms with van der Waals surface area (Å²) in [6.07, 6.45) is 6.59. The Morgan fingerprint density at radius 2 is 1.85 bits per heavy atom. The van der Waals surface area contributed by atoms with Crippen LogP contribution in [-0.4, -0.2) is 45.7 Å². The molecule has 140 valence electrons. The molecule has 2 amide bonds. The molecule has 4 heterocycles. The molecular weight excluding hydrogens is 338 g/mol. The number of carbonyl (C=O) groups excluding carboxylic acids is 2. The molecule has 2 bridgehead atoms. The van der Waals surface area contributed by atoms with Crippen molar-refractivity contribution in [1.29, 1.82) is 0 Å². The molecule has 0 N–H and O–H groups in total. The molecule has 2 atom stereocenters. The molecule has 27 heavy (non-hydrogen) atoms. The van der Waals surface area contributed by atoms with E-state index >= 15 is 0 Å². The van der Waals surface area contributed by atoms with Crippen molar-refractivity contribution in [3.05, 3.63) is 66.0 Å². The number of pyridine rings is 1. The van der Waals surface area contributed by atoms with Gasteiger partial charge in [-0.3, -0.25) is 14.6 Å². The summed E-state index contributed by atoms with van der Waals surface area (Å²) in [6, 6.07) is 14.1. The number of aromatic nitrogens is 1. The van der Waals surface area contributed by atoms with Crippen LogP contribution in [0.3, 0.4) is 0 Å². The monoisotopic (exact) mass is 363 g/mol. The van der Waals surface area contributed by atoms with Crippen LogP contribution in [0.25, 0.3) is 0 Å². The predicted molar refractivity (Wildman–Crippen MR) is 103 cm³/mol. The van der Waals surface area contributed by atoms with Crippen molar-refractivity contribution < 1.29 is 9.59 Å². The molecule has 5 nitrogen and oxygen atoms in total. The zero-order valence-electron chi connectivity index (χ0n) is 15.5. The van der Waals surface area contributed by atoms with E-state index in [9.17, 15) is 9.59 Å². The molecule has 0 radical (unpaired) electrons. The normalized spacial score (nSPS) is 22.0. The number of benzene rings is 1. The average molecular weight is 363 g/mol. The molecule has 0 aliphatic carbocycles. The van der Waals surface area contributed by atoms with Crippen molar-refractivity contribution in [2.75, 3.05) is 13.1 Å². The van der Waals surface area contributed by atoms with Crippen LogP contribution >= 0.6 is 0 Å². The van der Waals surface area contributed by atoms with Crippen molar-refractivity contribution in [3.8, 4) is 0 Å². The summed E-state index contributed by atoms with van der Waals surface area (Å²) < 4.78 is 0. The van der Waals surface area contributed by atoms with Gasteiger partial charge in [0.25, 0.3) is 0 Å². The van der Waals surface area contributed by atoms with Gasteiger partial charge in [0, 0.05) is 44.5 Å². The average Bonchev–Trinajstić information content (AvgIpc) is 3.00. The first-order chi connectivity index (χ1) is 13.2. The van der Waals surface area contributed by atoms with Crippen molar-refractivity contribution in [2.24, 2.45) is 5.92 Å². The molecule has 5 heteroatoms. The van der Waals surface area contributed by atoms with Gasteiger partial charge in [-0.1, -0.05) is 36.4 Å². The molecule has 3 aliphatic rings. The Bertz CT molecular complexity index is 794. The van der Waals surface area contributed by atoms with E-state index in [1.807, 2.05) is 46.3 Å². The number of rotatable bonds is 5. The summed E-state index contributed by atoms with van der Waals surface area (Å²) in [5.41, 5.74) is 2.22. The number of hydrogen-bond acceptors (Lipinski definition) is 3. The van der Waals surface area contributed by atoms with E-state index in [4.69, 9.17) is 0 Å². The Balaban J connectivity index is 1.42. The van der Waals surface area contributed by atoms with Gasteiger partial charge < -0.3 is 9.80 Å². The molecule has 0 unspecified atom stereocenters. The Morgan fingerprint density at radius 3 is 2.63 bits per heavy atom. The van der Waals surface area contributed by atoms with E-state index in [0.717, 1.165) is 24.0 Å². The van der Waals surface area contributed by atoms with Crippen LogP contribution in [-0.2, 0) is 22.6 Å². The minimum absolute atomic E-state index is 0.0604. The Kier molecular flexibility index (Phi) is 5.19. The maximum atomic E-state index is 12.9. The summed E-state index contributed by atoms with van der Waals surface area (Å²) >= 11 is 0. The number of amides is 2. The van der Waals surface area contributed by atoms with Gasteiger partial charge in [-0.05, 0) is 36.5 Å². The third-order valence-corrected chi connectivity index (χ3v) is 5.69. The number of fused-ring (bicyclic) bond motifs is 4. The Labute approximate surface area is 160 Å². The van der Waals surface area contributed by atoms with E-state index < -0.39 is 0 Å². The minimum atomic E-state index is -0.0604. The van der Waals surface area contributed by atoms with Crippen LogP contribution in [0, 0.1) is 5.92 Å². The molecule has 5 rings (SSSR count). The lowest BCUT2D eigenvalue weighted by molar-refractivity contribution is -0.140. The van der Waals surface area contributed by atoms with E-state index in [1.54, 1.807) is 6.20 Å². The van der Waals surface area contributed by atoms with Crippen LogP contribution in [0.4, 0.5) is 0 Å². The zero-order valence-corrected chi connectivity index (χ0v) is 15.5. The summed E-state index contributed by atoms with van der Waals surface area (Å²) in [6.45, 7) is 1.85. The van der Waals surface area contributed by atoms with Crippen molar-refractivity contribution in [2.45, 2.75) is 38.3 Å². The Morgan fingerprint density at radius 1 is 1.04 bits per heavy atom. The highest BCUT2D eigenvalue weighted by Gasteiger charge is 2.41. The lowest BCUT2D eigenvalue weighted by atomic mass is 9.93. The third-order valence-electron chi connectivity index (χ3n) is 5.69. The van der Waals surface area contributed by atoms with E-state index in [1.165, 1.54) is 0 Å². The fourth-order valence-electron chi connectivity index (χ4n) is 4.19. The van der Waals surface area contributed by atoms with Crippen molar-refractivity contribution in [1.82, 2.24) is 14.8 Å². The number of hydrogen-bond donors (Lipinski definition) is 0. The second-order valence-corrected chi connectivity index (χ2v) is 7.54. The van der Waals surface area contributed by atoms with Gasteiger partial charge in [0.05, 0.1) is 5.92 Å². The molecule has 1 aromatic heterocycles. The number of piperidine rings is 1. The summed E-state index contributed by atoms with van der Waals surface area (Å²) in [5.74, 6) is 0.289. The van der Waals surface area contributed by atoms with Crippen LogP contribution in [0.15, 0.2) is 54.9 Å². The van der Waals surface area contributed by atoms with Crippen LogP contribution < -0.4 is 0 Å². The molecular formula is C22H25N3O2. The first-order valence-corrected chi connectivity index (χ1v) is 9.72. The van der Waals surface area contributed by atoms with Crippen LogP contribution in [0.1, 0.15) is 30.4 Å². The quantitative estimate of drug-likeness (QED) is 0.821. The van der Waals surface area contributed by atoms with Gasteiger partial charge in [0.15, 0.2) is 0 Å². The Hall–Kier alpha value is -2.69. The summed E-state index contributed by atoms with van der Waals surface area (Å²) in [4.78, 5) is 33.8. The van der Waals surface area contributed by atoms with E-state index in [0.29, 0.717) is 32.5 Å². The van der Waals surface area contributed by atoms with E-state index in [-0.39, 0.29) is 23.8 Å². The highest BCUT2D eigenvalue weighted by atomic mass is 16.2. The van der Waals surface area contributed by atoms with Gasteiger partial charge >= 0.3 is 0 Å². The lowest BCUT2D eigenvalue weighted by Crippen LogP contribution is -2.47. The van der Waals surface area contributed by atoms with Gasteiger partial charge in [-0.15, -0.1) is 0 Å². The second-order valence-electron chi connectivity index (χ2n) is 7.54. The highest BCUT2D eigenvalue weighted by Crippen LogP contribution is 2.30. The van der Waals surface area contributed by atoms with Crippen molar-refractivity contribution >= 4 is 11.8 Å². The SMILES string of the molecule is O=C(CCc1cccnc1)N1C[C@@H]2CC[C@H](C1)N(Cc1ccccc1)C2=O.